The molecule has 0 radical (unpaired) electrons. The van der Waals surface area contributed by atoms with E-state index in [9.17, 15) is 18.8 Å². The molecule has 2 amide bonds. The lowest BCUT2D eigenvalue weighted by Gasteiger charge is -2.34. The minimum Gasteiger partial charge on any atom is -0.352 e. The van der Waals surface area contributed by atoms with E-state index >= 15 is 0 Å². The number of piperidine rings is 1. The molecule has 0 bridgehead atoms. The zero-order valence-electron chi connectivity index (χ0n) is 12.5. The molecule has 1 fully saturated rings. The van der Waals surface area contributed by atoms with E-state index in [2.05, 4.69) is 10.6 Å². The van der Waals surface area contributed by atoms with Crippen LogP contribution < -0.4 is 10.6 Å². The molecule has 0 spiro atoms. The van der Waals surface area contributed by atoms with Gasteiger partial charge in [-0.3, -0.25) is 14.4 Å². The molecule has 23 heavy (non-hydrogen) atoms. The van der Waals surface area contributed by atoms with E-state index in [-0.39, 0.29) is 36.4 Å². The summed E-state index contributed by atoms with van der Waals surface area (Å²) in [4.78, 5) is 36.4. The van der Waals surface area contributed by atoms with Crippen molar-refractivity contribution in [2.45, 2.75) is 25.8 Å². The minimum absolute atomic E-state index is 0.00297. The van der Waals surface area contributed by atoms with Crippen LogP contribution in [0.4, 0.5) is 4.39 Å². The number of benzene rings is 1. The molecule has 2 atom stereocenters. The van der Waals surface area contributed by atoms with Crippen molar-refractivity contribution in [3.05, 3.63) is 47.4 Å². The Labute approximate surface area is 132 Å². The van der Waals surface area contributed by atoms with Crippen molar-refractivity contribution < 1.29 is 18.8 Å². The van der Waals surface area contributed by atoms with Crippen LogP contribution in [0.2, 0.25) is 0 Å². The van der Waals surface area contributed by atoms with Gasteiger partial charge in [0.05, 0.1) is 11.8 Å². The van der Waals surface area contributed by atoms with Gasteiger partial charge in [0, 0.05) is 25.1 Å². The van der Waals surface area contributed by atoms with Crippen molar-refractivity contribution in [2.75, 3.05) is 0 Å². The van der Waals surface area contributed by atoms with Crippen LogP contribution >= 0.6 is 0 Å². The maximum absolute atomic E-state index is 12.9. The Morgan fingerprint density at radius 2 is 2.00 bits per heavy atom. The number of Topliss-reactive ketones (excluding diaryl/α,β-unsaturated/α-hetero) is 1. The summed E-state index contributed by atoms with van der Waals surface area (Å²) in [6.45, 7) is 0.233. The lowest BCUT2D eigenvalue weighted by molar-refractivity contribution is -0.138. The maximum Gasteiger partial charge on any atom is 0.225 e. The first-order valence-corrected chi connectivity index (χ1v) is 7.59. The summed E-state index contributed by atoms with van der Waals surface area (Å²) in [5.41, 5.74) is 1.31. The van der Waals surface area contributed by atoms with Crippen molar-refractivity contribution in [2.24, 2.45) is 11.8 Å². The number of nitrogens with one attached hydrogen (secondary N) is 2. The van der Waals surface area contributed by atoms with Gasteiger partial charge in [-0.15, -0.1) is 0 Å². The molecule has 2 aliphatic rings. The van der Waals surface area contributed by atoms with Crippen LogP contribution in [0, 0.1) is 17.7 Å². The first kappa shape index (κ1) is 15.4. The molecule has 0 unspecified atom stereocenters. The number of carbonyl (C=O) groups excluding carboxylic acids is 3. The van der Waals surface area contributed by atoms with Crippen LogP contribution in [0.25, 0.3) is 0 Å². The highest BCUT2D eigenvalue weighted by Crippen LogP contribution is 2.32. The average Bonchev–Trinajstić information content (AvgIpc) is 2.53. The van der Waals surface area contributed by atoms with Crippen LogP contribution in [0.5, 0.6) is 0 Å². The smallest absolute Gasteiger partial charge is 0.225 e. The van der Waals surface area contributed by atoms with Gasteiger partial charge in [0.15, 0.2) is 0 Å². The molecule has 1 aliphatic carbocycles. The van der Waals surface area contributed by atoms with E-state index in [4.69, 9.17) is 0 Å². The quantitative estimate of drug-likeness (QED) is 0.886. The molecule has 1 aromatic rings. The number of amides is 2. The molecule has 2 N–H and O–H groups in total. The normalized spacial score (nSPS) is 23.6. The second kappa shape index (κ2) is 6.32. The van der Waals surface area contributed by atoms with Gasteiger partial charge in [0.2, 0.25) is 11.8 Å². The summed E-state index contributed by atoms with van der Waals surface area (Å²) in [7, 11) is 0. The zero-order chi connectivity index (χ0) is 16.4. The summed E-state index contributed by atoms with van der Waals surface area (Å²) in [6.07, 6.45) is 2.81. The highest BCUT2D eigenvalue weighted by molar-refractivity contribution is 5.97. The zero-order valence-corrected chi connectivity index (χ0v) is 12.5. The van der Waals surface area contributed by atoms with Gasteiger partial charge in [-0.25, -0.2) is 4.39 Å². The van der Waals surface area contributed by atoms with Gasteiger partial charge in [-0.2, -0.15) is 0 Å². The number of fused-ring (bicyclic) bond motifs is 1. The summed E-state index contributed by atoms with van der Waals surface area (Å²) in [6, 6.07) is 5.81. The molecule has 3 rings (SSSR count). The average molecular weight is 316 g/mol. The Hall–Kier alpha value is -2.50. The predicted octanol–water partition coefficient (Wildman–Crippen LogP) is 1.44. The molecule has 120 valence electrons. The van der Waals surface area contributed by atoms with Crippen LogP contribution in [-0.2, 0) is 20.9 Å². The molecule has 1 aliphatic heterocycles. The summed E-state index contributed by atoms with van der Waals surface area (Å²) < 4.78 is 12.9. The molecule has 0 saturated carbocycles. The van der Waals surface area contributed by atoms with Gasteiger partial charge in [-0.1, -0.05) is 18.2 Å². The molecule has 1 aromatic carbocycles. The fourth-order valence-electron chi connectivity index (χ4n) is 3.09. The van der Waals surface area contributed by atoms with Crippen LogP contribution in [-0.4, -0.2) is 17.6 Å². The minimum atomic E-state index is -0.678. The molecule has 0 aromatic heterocycles. The maximum atomic E-state index is 12.9. The molecular weight excluding hydrogens is 299 g/mol. The first-order chi connectivity index (χ1) is 11.0. The third-order valence-electron chi connectivity index (χ3n) is 4.25. The standard InChI is InChI=1S/C17H17FN2O3/c18-11-6-4-10(5-7-11)9-19-17(23)12-8-15(22)20-13-2-1-3-14(21)16(12)13/h2,4-7,12,16H,1,3,8-9H2,(H,19,23)(H,20,22)/t12-,16+/m0/s1. The number of halogens is 1. The summed E-state index contributed by atoms with van der Waals surface area (Å²) in [5.74, 6) is -2.16. The van der Waals surface area contributed by atoms with Gasteiger partial charge in [0.1, 0.15) is 11.6 Å². The van der Waals surface area contributed by atoms with Gasteiger partial charge < -0.3 is 10.6 Å². The summed E-state index contributed by atoms with van der Waals surface area (Å²) >= 11 is 0. The Morgan fingerprint density at radius 3 is 2.74 bits per heavy atom. The number of hydrogen-bond donors (Lipinski definition) is 2. The SMILES string of the molecule is O=C1C[C@H](C(=O)NCc2ccc(F)cc2)[C@H]2C(=O)CCC=C2N1. The van der Waals surface area contributed by atoms with Crippen LogP contribution in [0.15, 0.2) is 36.0 Å². The fourth-order valence-corrected chi connectivity index (χ4v) is 3.09. The third-order valence-corrected chi connectivity index (χ3v) is 4.25. The Morgan fingerprint density at radius 1 is 1.26 bits per heavy atom. The summed E-state index contributed by atoms with van der Waals surface area (Å²) in [5, 5.41) is 5.43. The number of carbonyl (C=O) groups is 3. The second-order valence-electron chi connectivity index (χ2n) is 5.85. The second-order valence-corrected chi connectivity index (χ2v) is 5.85. The van der Waals surface area contributed by atoms with Crippen LogP contribution in [0.1, 0.15) is 24.8 Å². The lowest BCUT2D eigenvalue weighted by atomic mass is 9.76. The molecule has 6 heteroatoms. The van der Waals surface area contributed by atoms with Gasteiger partial charge in [0.25, 0.3) is 0 Å². The van der Waals surface area contributed by atoms with Gasteiger partial charge >= 0.3 is 0 Å². The van der Waals surface area contributed by atoms with E-state index in [0.29, 0.717) is 18.5 Å². The Kier molecular flexibility index (Phi) is 4.23. The fraction of sp³-hybridized carbons (Fsp3) is 0.353. The van der Waals surface area contributed by atoms with E-state index in [1.54, 1.807) is 12.1 Å². The lowest BCUT2D eigenvalue weighted by Crippen LogP contribution is -2.49. The van der Waals surface area contributed by atoms with Crippen molar-refractivity contribution in [1.29, 1.82) is 0 Å². The number of allylic oxidation sites excluding steroid dienone is 2. The van der Waals surface area contributed by atoms with E-state index in [1.165, 1.54) is 12.1 Å². The van der Waals surface area contributed by atoms with Crippen molar-refractivity contribution in [3.8, 4) is 0 Å². The number of rotatable bonds is 3. The van der Waals surface area contributed by atoms with Gasteiger partial charge in [-0.05, 0) is 24.1 Å². The van der Waals surface area contributed by atoms with E-state index in [0.717, 1.165) is 5.56 Å². The van der Waals surface area contributed by atoms with E-state index in [1.807, 2.05) is 6.08 Å². The monoisotopic (exact) mass is 316 g/mol. The Balaban J connectivity index is 1.70. The van der Waals surface area contributed by atoms with E-state index < -0.39 is 11.8 Å². The predicted molar refractivity (Wildman–Crippen MR) is 80.3 cm³/mol. The number of hydrogen-bond acceptors (Lipinski definition) is 3. The van der Waals surface area contributed by atoms with Crippen molar-refractivity contribution in [3.63, 3.8) is 0 Å². The highest BCUT2D eigenvalue weighted by Gasteiger charge is 2.42. The molecule has 5 nitrogen and oxygen atoms in total. The topological polar surface area (TPSA) is 75.3 Å². The van der Waals surface area contributed by atoms with Crippen LogP contribution in [0.3, 0.4) is 0 Å². The van der Waals surface area contributed by atoms with Crippen molar-refractivity contribution in [1.82, 2.24) is 10.6 Å². The Bertz CT molecular complexity index is 682. The third kappa shape index (κ3) is 3.31. The number of ketones is 1. The molecule has 1 heterocycles. The largest absolute Gasteiger partial charge is 0.352 e. The first-order valence-electron chi connectivity index (χ1n) is 7.59. The molecular formula is C17H17FN2O3. The molecule has 1 saturated heterocycles. The highest BCUT2D eigenvalue weighted by atomic mass is 19.1. The van der Waals surface area contributed by atoms with Crippen molar-refractivity contribution >= 4 is 17.6 Å².